The number of ether oxygens (including phenoxy) is 1. The van der Waals surface area contributed by atoms with Gasteiger partial charge in [-0.3, -0.25) is 0 Å². The molecule has 0 radical (unpaired) electrons. The van der Waals surface area contributed by atoms with Crippen LogP contribution < -0.4 is 9.64 Å². The minimum absolute atomic E-state index is 0.0773. The molecule has 0 saturated carbocycles. The van der Waals surface area contributed by atoms with Crippen molar-refractivity contribution in [3.63, 3.8) is 0 Å². The quantitative estimate of drug-likeness (QED) is 0.751. The van der Waals surface area contributed by atoms with Crippen LogP contribution in [0.5, 0.6) is 6.01 Å². The van der Waals surface area contributed by atoms with Crippen LogP contribution in [-0.2, 0) is 0 Å². The van der Waals surface area contributed by atoms with Crippen LogP contribution in [0.4, 0.5) is 14.7 Å². The van der Waals surface area contributed by atoms with Crippen LogP contribution in [-0.4, -0.2) is 42.1 Å². The number of aromatic nitrogens is 3. The molecule has 0 aliphatic carbocycles. The summed E-state index contributed by atoms with van der Waals surface area (Å²) in [5, 5.41) is 0. The van der Waals surface area contributed by atoms with Crippen molar-refractivity contribution in [3.05, 3.63) is 5.82 Å². The number of nitrogens with zero attached hydrogens (tertiary/aromatic N) is 4. The Kier molecular flexibility index (Phi) is 3.70. The molecule has 7 heteroatoms. The molecule has 5 nitrogen and oxygen atoms in total. The van der Waals surface area contributed by atoms with E-state index in [1.165, 1.54) is 0 Å². The Morgan fingerprint density at radius 3 is 2.47 bits per heavy atom. The van der Waals surface area contributed by atoms with Gasteiger partial charge in [-0.15, -0.1) is 0 Å². The molecule has 0 spiro atoms. The van der Waals surface area contributed by atoms with E-state index in [2.05, 4.69) is 15.0 Å². The fraction of sp³-hybridized carbons (Fsp3) is 0.625. The number of hydrogen-bond donors (Lipinski definition) is 0. The third kappa shape index (κ3) is 3.61. The van der Waals surface area contributed by atoms with Gasteiger partial charge >= 0.3 is 6.01 Å². The molecule has 0 aliphatic heterocycles. The highest BCUT2D eigenvalue weighted by Gasteiger charge is 2.09. The highest BCUT2D eigenvalue weighted by molar-refractivity contribution is 5.27. The third-order valence-electron chi connectivity index (χ3n) is 1.45. The van der Waals surface area contributed by atoms with Crippen LogP contribution >= 0.6 is 0 Å². The fourth-order valence-corrected chi connectivity index (χ4v) is 0.846. The van der Waals surface area contributed by atoms with E-state index in [9.17, 15) is 8.78 Å². The zero-order valence-electron chi connectivity index (χ0n) is 8.74. The molecule has 0 atom stereocenters. The maximum absolute atomic E-state index is 11.9. The molecule has 0 saturated heterocycles. The van der Waals surface area contributed by atoms with Crippen molar-refractivity contribution in [2.45, 2.75) is 13.3 Å². The lowest BCUT2D eigenvalue weighted by Crippen LogP contribution is -2.16. The monoisotopic (exact) mass is 218 g/mol. The molecule has 0 N–H and O–H groups in total. The topological polar surface area (TPSA) is 51.1 Å². The van der Waals surface area contributed by atoms with Gasteiger partial charge in [0.25, 0.3) is 6.43 Å². The third-order valence-corrected chi connectivity index (χ3v) is 1.45. The molecule has 0 fully saturated rings. The lowest BCUT2D eigenvalue weighted by atomic mass is 10.6. The Morgan fingerprint density at radius 1 is 1.27 bits per heavy atom. The number of anilines is 1. The van der Waals surface area contributed by atoms with Gasteiger partial charge in [0.1, 0.15) is 5.82 Å². The zero-order chi connectivity index (χ0) is 11.4. The van der Waals surface area contributed by atoms with Crippen LogP contribution in [0, 0.1) is 6.92 Å². The molecule has 0 amide bonds. The molecule has 1 rings (SSSR count). The first-order valence-corrected chi connectivity index (χ1v) is 4.30. The summed E-state index contributed by atoms with van der Waals surface area (Å²) >= 11 is 0. The summed E-state index contributed by atoms with van der Waals surface area (Å²) in [6, 6.07) is -0.0773. The summed E-state index contributed by atoms with van der Waals surface area (Å²) in [6.45, 7) is 0.931. The first-order valence-electron chi connectivity index (χ1n) is 4.30. The van der Waals surface area contributed by atoms with Gasteiger partial charge < -0.3 is 9.64 Å². The maximum Gasteiger partial charge on any atom is 0.321 e. The van der Waals surface area contributed by atoms with Gasteiger partial charge in [-0.2, -0.15) is 15.0 Å². The standard InChI is InChI=1S/C8H12F2N4O/c1-5-11-7(14(2)3)13-8(12-5)15-4-6(9)10/h6H,4H2,1-3H3. The van der Waals surface area contributed by atoms with E-state index in [0.717, 1.165) is 0 Å². The van der Waals surface area contributed by atoms with Crippen LogP contribution in [0.15, 0.2) is 0 Å². The first-order chi connectivity index (χ1) is 6.99. The van der Waals surface area contributed by atoms with Crippen LogP contribution in [0.1, 0.15) is 5.82 Å². The molecular weight excluding hydrogens is 206 g/mol. The van der Waals surface area contributed by atoms with Crippen LogP contribution in [0.2, 0.25) is 0 Å². The maximum atomic E-state index is 11.9. The Morgan fingerprint density at radius 2 is 1.93 bits per heavy atom. The Hall–Kier alpha value is -1.53. The number of aryl methyl sites for hydroxylation is 1. The SMILES string of the molecule is Cc1nc(OCC(F)F)nc(N(C)C)n1. The normalized spacial score (nSPS) is 10.5. The second kappa shape index (κ2) is 4.81. The number of rotatable bonds is 4. The number of alkyl halides is 2. The summed E-state index contributed by atoms with van der Waals surface area (Å²) in [5.41, 5.74) is 0. The average Bonchev–Trinajstić information content (AvgIpc) is 2.13. The van der Waals surface area contributed by atoms with Crippen LogP contribution in [0.3, 0.4) is 0 Å². The van der Waals surface area contributed by atoms with Crippen molar-refractivity contribution in [2.75, 3.05) is 25.6 Å². The van der Waals surface area contributed by atoms with E-state index in [1.54, 1.807) is 25.9 Å². The average molecular weight is 218 g/mol. The molecule has 1 aromatic heterocycles. The first kappa shape index (κ1) is 11.5. The van der Waals surface area contributed by atoms with Crippen molar-refractivity contribution < 1.29 is 13.5 Å². The van der Waals surface area contributed by atoms with E-state index >= 15 is 0 Å². The van der Waals surface area contributed by atoms with Gasteiger partial charge in [0.15, 0.2) is 6.61 Å². The van der Waals surface area contributed by atoms with E-state index in [4.69, 9.17) is 4.74 Å². The highest BCUT2D eigenvalue weighted by Crippen LogP contribution is 2.10. The van der Waals surface area contributed by atoms with Crippen molar-refractivity contribution in [2.24, 2.45) is 0 Å². The van der Waals surface area contributed by atoms with Crippen molar-refractivity contribution in [1.82, 2.24) is 15.0 Å². The summed E-state index contributed by atoms with van der Waals surface area (Å²) in [4.78, 5) is 13.3. The smallest absolute Gasteiger partial charge is 0.321 e. The van der Waals surface area contributed by atoms with E-state index in [-0.39, 0.29) is 6.01 Å². The van der Waals surface area contributed by atoms with Gasteiger partial charge in [0.2, 0.25) is 5.95 Å². The molecule has 84 valence electrons. The minimum Gasteiger partial charge on any atom is -0.457 e. The van der Waals surface area contributed by atoms with E-state index < -0.39 is 13.0 Å². The van der Waals surface area contributed by atoms with Gasteiger partial charge in [0, 0.05) is 14.1 Å². The predicted octanol–water partition coefficient (Wildman–Crippen LogP) is 0.890. The van der Waals surface area contributed by atoms with Gasteiger partial charge in [-0.25, -0.2) is 8.78 Å². The molecule has 1 heterocycles. The lowest BCUT2D eigenvalue weighted by molar-refractivity contribution is 0.0768. The van der Waals surface area contributed by atoms with Gasteiger partial charge in [-0.05, 0) is 6.92 Å². The lowest BCUT2D eigenvalue weighted by Gasteiger charge is -2.11. The number of hydrogen-bond acceptors (Lipinski definition) is 5. The molecule has 0 aromatic carbocycles. The predicted molar refractivity (Wildman–Crippen MR) is 50.4 cm³/mol. The summed E-state index contributed by atoms with van der Waals surface area (Å²) in [6.07, 6.45) is -2.54. The Bertz CT molecular complexity index is 332. The molecule has 15 heavy (non-hydrogen) atoms. The molecule has 1 aromatic rings. The molecule has 0 unspecified atom stereocenters. The van der Waals surface area contributed by atoms with E-state index in [1.807, 2.05) is 0 Å². The fourth-order valence-electron chi connectivity index (χ4n) is 0.846. The molecule has 0 aliphatic rings. The zero-order valence-corrected chi connectivity index (χ0v) is 8.74. The van der Waals surface area contributed by atoms with Gasteiger partial charge in [-0.1, -0.05) is 0 Å². The summed E-state index contributed by atoms with van der Waals surface area (Å²) in [5.74, 6) is 0.810. The van der Waals surface area contributed by atoms with Crippen molar-refractivity contribution in [1.29, 1.82) is 0 Å². The van der Waals surface area contributed by atoms with E-state index in [0.29, 0.717) is 11.8 Å². The minimum atomic E-state index is -2.54. The summed E-state index contributed by atoms with van der Waals surface area (Å²) < 4.78 is 28.4. The molecular formula is C8H12F2N4O. The summed E-state index contributed by atoms with van der Waals surface area (Å²) in [7, 11) is 3.48. The Balaban J connectivity index is 2.79. The molecule has 0 bridgehead atoms. The second-order valence-electron chi connectivity index (χ2n) is 3.06. The van der Waals surface area contributed by atoms with Gasteiger partial charge in [0.05, 0.1) is 0 Å². The largest absolute Gasteiger partial charge is 0.457 e. The highest BCUT2D eigenvalue weighted by atomic mass is 19.3. The number of halogens is 2. The van der Waals surface area contributed by atoms with Crippen LogP contribution in [0.25, 0.3) is 0 Å². The second-order valence-corrected chi connectivity index (χ2v) is 3.06. The van der Waals surface area contributed by atoms with Crippen molar-refractivity contribution in [3.8, 4) is 6.01 Å². The van der Waals surface area contributed by atoms with Crippen molar-refractivity contribution >= 4 is 5.95 Å². The Labute approximate surface area is 86.1 Å².